The van der Waals surface area contributed by atoms with Gasteiger partial charge in [0.05, 0.1) is 11.3 Å². The Bertz CT molecular complexity index is 674. The molecule has 0 aromatic carbocycles. The van der Waals surface area contributed by atoms with Crippen LogP contribution in [-0.2, 0) is 11.0 Å². The van der Waals surface area contributed by atoms with Gasteiger partial charge in [0.2, 0.25) is 0 Å². The Balaban J connectivity index is 2.04. The van der Waals surface area contributed by atoms with E-state index < -0.39 is 17.8 Å². The highest BCUT2D eigenvalue weighted by Gasteiger charge is 2.43. The van der Waals surface area contributed by atoms with Crippen molar-refractivity contribution in [3.05, 3.63) is 30.6 Å². The third-order valence-corrected chi connectivity index (χ3v) is 4.55. The maximum atomic E-state index is 13.0. The second-order valence-electron chi connectivity index (χ2n) is 6.25. The van der Waals surface area contributed by atoms with Gasteiger partial charge in [-0.2, -0.15) is 13.2 Å². The van der Waals surface area contributed by atoms with Gasteiger partial charge in [0.25, 0.3) is 5.91 Å². The van der Waals surface area contributed by atoms with E-state index in [9.17, 15) is 18.0 Å². The van der Waals surface area contributed by atoms with Gasteiger partial charge in [-0.3, -0.25) is 14.6 Å². The zero-order valence-electron chi connectivity index (χ0n) is 13.5. The highest BCUT2D eigenvalue weighted by molar-refractivity contribution is 6.06. The average molecular weight is 340 g/mol. The molecule has 130 valence electrons. The first kappa shape index (κ1) is 16.8. The number of halogens is 3. The molecular formula is C16H19F3N4O. The number of alkyl halides is 3. The Hall–Kier alpha value is -2.09. The van der Waals surface area contributed by atoms with Crippen LogP contribution in [-0.4, -0.2) is 47.5 Å². The minimum Gasteiger partial charge on any atom is -0.340 e. The first-order valence-electron chi connectivity index (χ1n) is 7.77. The van der Waals surface area contributed by atoms with Crippen LogP contribution >= 0.6 is 0 Å². The molecule has 1 aromatic heterocycles. The van der Waals surface area contributed by atoms with E-state index in [4.69, 9.17) is 0 Å². The normalized spacial score (nSPS) is 21.8. The molecule has 3 rings (SSSR count). The number of carbonyl (C=O) groups is 1. The molecule has 2 aliphatic rings. The number of hydrogen-bond acceptors (Lipinski definition) is 4. The molecule has 3 heterocycles. The van der Waals surface area contributed by atoms with E-state index >= 15 is 0 Å². The molecule has 0 bridgehead atoms. The third-order valence-electron chi connectivity index (χ3n) is 4.55. The van der Waals surface area contributed by atoms with Crippen molar-refractivity contribution in [2.45, 2.75) is 32.1 Å². The maximum absolute atomic E-state index is 13.0. The summed E-state index contributed by atoms with van der Waals surface area (Å²) < 4.78 is 38.9. The number of anilines is 2. The molecule has 24 heavy (non-hydrogen) atoms. The fourth-order valence-corrected chi connectivity index (χ4v) is 3.21. The van der Waals surface area contributed by atoms with Crippen molar-refractivity contribution in [3.63, 3.8) is 0 Å². The molecule has 0 N–H and O–H groups in total. The lowest BCUT2D eigenvalue weighted by atomic mass is 10.0. The summed E-state index contributed by atoms with van der Waals surface area (Å²) in [7, 11) is 0. The lowest BCUT2D eigenvalue weighted by Crippen LogP contribution is -2.63. The van der Waals surface area contributed by atoms with Crippen molar-refractivity contribution in [1.82, 2.24) is 9.88 Å². The van der Waals surface area contributed by atoms with Crippen molar-refractivity contribution in [1.29, 1.82) is 0 Å². The Morgan fingerprint density at radius 3 is 2.67 bits per heavy atom. The molecule has 1 saturated heterocycles. The molecule has 1 atom stereocenters. The molecule has 1 fully saturated rings. The number of carbonyl (C=O) groups excluding carboxylic acids is 1. The second-order valence-corrected chi connectivity index (χ2v) is 6.25. The summed E-state index contributed by atoms with van der Waals surface area (Å²) in [4.78, 5) is 21.9. The summed E-state index contributed by atoms with van der Waals surface area (Å²) in [6.45, 7) is 9.48. The van der Waals surface area contributed by atoms with Gasteiger partial charge in [-0.15, -0.1) is 0 Å². The van der Waals surface area contributed by atoms with Crippen LogP contribution < -0.4 is 9.80 Å². The van der Waals surface area contributed by atoms with Gasteiger partial charge >= 0.3 is 6.18 Å². The quantitative estimate of drug-likeness (QED) is 0.829. The molecule has 0 spiro atoms. The first-order valence-corrected chi connectivity index (χ1v) is 7.77. The van der Waals surface area contributed by atoms with Gasteiger partial charge in [0.15, 0.2) is 5.82 Å². The largest absolute Gasteiger partial charge is 0.417 e. The molecule has 0 radical (unpaired) electrons. The Labute approximate surface area is 138 Å². The molecule has 1 aromatic rings. The van der Waals surface area contributed by atoms with Gasteiger partial charge in [-0.25, -0.2) is 4.98 Å². The van der Waals surface area contributed by atoms with Crippen LogP contribution in [0, 0.1) is 0 Å². The molecule has 5 nitrogen and oxygen atoms in total. The molecule has 1 unspecified atom stereocenters. The predicted molar refractivity (Wildman–Crippen MR) is 84.8 cm³/mol. The van der Waals surface area contributed by atoms with Gasteiger partial charge in [-0.1, -0.05) is 6.58 Å². The van der Waals surface area contributed by atoms with Crippen molar-refractivity contribution in [2.75, 3.05) is 29.4 Å². The lowest BCUT2D eigenvalue weighted by Gasteiger charge is -2.47. The number of aromatic nitrogens is 1. The SMILES string of the molecule is C=CN1C(=O)C2CN(C(C)C)CCN2c2ncc(C(F)(F)F)cc21. The van der Waals surface area contributed by atoms with E-state index in [2.05, 4.69) is 30.3 Å². The monoisotopic (exact) mass is 340 g/mol. The van der Waals surface area contributed by atoms with Crippen LogP contribution in [0.4, 0.5) is 24.7 Å². The van der Waals surface area contributed by atoms with E-state index in [0.717, 1.165) is 18.8 Å². The average Bonchev–Trinajstić information content (AvgIpc) is 2.53. The zero-order valence-corrected chi connectivity index (χ0v) is 13.5. The van der Waals surface area contributed by atoms with Crippen molar-refractivity contribution >= 4 is 17.4 Å². The van der Waals surface area contributed by atoms with Crippen LogP contribution in [0.1, 0.15) is 19.4 Å². The van der Waals surface area contributed by atoms with E-state index in [1.165, 1.54) is 11.1 Å². The molecule has 0 saturated carbocycles. The Kier molecular flexibility index (Phi) is 4.03. The van der Waals surface area contributed by atoms with E-state index in [-0.39, 0.29) is 11.6 Å². The van der Waals surface area contributed by atoms with Gasteiger partial charge < -0.3 is 4.90 Å². The fourth-order valence-electron chi connectivity index (χ4n) is 3.21. The molecule has 2 aliphatic heterocycles. The Morgan fingerprint density at radius 2 is 2.08 bits per heavy atom. The lowest BCUT2D eigenvalue weighted by molar-refractivity contribution is -0.137. The van der Waals surface area contributed by atoms with Crippen LogP contribution in [0.2, 0.25) is 0 Å². The molecule has 8 heteroatoms. The summed E-state index contributed by atoms with van der Waals surface area (Å²) in [6.07, 6.45) is -2.43. The highest BCUT2D eigenvalue weighted by atomic mass is 19.4. The third kappa shape index (κ3) is 2.64. The number of hydrogen-bond donors (Lipinski definition) is 0. The van der Waals surface area contributed by atoms with Crippen LogP contribution in [0.25, 0.3) is 0 Å². The first-order chi connectivity index (χ1) is 11.2. The minimum absolute atomic E-state index is 0.138. The van der Waals surface area contributed by atoms with Crippen molar-refractivity contribution < 1.29 is 18.0 Å². The van der Waals surface area contributed by atoms with Gasteiger partial charge in [0, 0.05) is 38.1 Å². The number of piperazine rings is 1. The maximum Gasteiger partial charge on any atom is 0.417 e. The van der Waals surface area contributed by atoms with E-state index in [1.807, 2.05) is 0 Å². The topological polar surface area (TPSA) is 39.7 Å². The van der Waals surface area contributed by atoms with Crippen LogP contribution in [0.15, 0.2) is 25.0 Å². The summed E-state index contributed by atoms with van der Waals surface area (Å²) in [5.41, 5.74) is -0.737. The summed E-state index contributed by atoms with van der Waals surface area (Å²) >= 11 is 0. The zero-order chi connectivity index (χ0) is 17.6. The van der Waals surface area contributed by atoms with Gasteiger partial charge in [-0.05, 0) is 19.9 Å². The number of fused-ring (bicyclic) bond motifs is 3. The minimum atomic E-state index is -4.51. The molecule has 1 amide bonds. The number of nitrogens with zero attached hydrogens (tertiary/aromatic N) is 4. The van der Waals surface area contributed by atoms with E-state index in [0.29, 0.717) is 24.9 Å². The number of amides is 1. The van der Waals surface area contributed by atoms with E-state index in [1.54, 1.807) is 4.90 Å². The van der Waals surface area contributed by atoms with Crippen LogP contribution in [0.5, 0.6) is 0 Å². The fraction of sp³-hybridized carbons (Fsp3) is 0.500. The van der Waals surface area contributed by atoms with Crippen molar-refractivity contribution in [3.8, 4) is 0 Å². The standard InChI is InChI=1S/C16H19F3N4O/c1-4-22-12-7-11(16(17,18)19)8-20-14(12)23-6-5-21(10(2)3)9-13(23)15(22)24/h4,7-8,10,13H,1,5-6,9H2,2-3H3. The summed E-state index contributed by atoms with van der Waals surface area (Å²) in [5, 5.41) is 0. The predicted octanol–water partition coefficient (Wildman–Crippen LogP) is 2.49. The number of pyridine rings is 1. The molecular weight excluding hydrogens is 321 g/mol. The molecule has 0 aliphatic carbocycles. The van der Waals surface area contributed by atoms with Crippen LogP contribution in [0.3, 0.4) is 0 Å². The summed E-state index contributed by atoms with van der Waals surface area (Å²) in [6, 6.07) is 0.794. The number of rotatable bonds is 2. The second kappa shape index (κ2) is 5.77. The van der Waals surface area contributed by atoms with Gasteiger partial charge in [0.1, 0.15) is 6.04 Å². The van der Waals surface area contributed by atoms with Crippen molar-refractivity contribution in [2.24, 2.45) is 0 Å². The smallest absolute Gasteiger partial charge is 0.340 e. The Morgan fingerprint density at radius 1 is 1.38 bits per heavy atom. The highest BCUT2D eigenvalue weighted by Crippen LogP contribution is 2.40. The summed E-state index contributed by atoms with van der Waals surface area (Å²) in [5.74, 6) is 0.125.